The predicted octanol–water partition coefficient (Wildman–Crippen LogP) is 3.96. The maximum Gasteiger partial charge on any atom is 0.254 e. The van der Waals surface area contributed by atoms with Crippen LogP contribution in [-0.4, -0.2) is 23.6 Å². The van der Waals surface area contributed by atoms with Crippen LogP contribution < -0.4 is 15.8 Å². The van der Waals surface area contributed by atoms with E-state index in [2.05, 4.69) is 34.5 Å². The van der Waals surface area contributed by atoms with E-state index in [9.17, 15) is 9.59 Å². The lowest BCUT2D eigenvalue weighted by Gasteiger charge is -2.35. The summed E-state index contributed by atoms with van der Waals surface area (Å²) in [6, 6.07) is 6.17. The first-order valence-electron chi connectivity index (χ1n) is 10.5. The van der Waals surface area contributed by atoms with Crippen molar-refractivity contribution >= 4 is 23.4 Å². The van der Waals surface area contributed by atoms with Crippen LogP contribution >= 0.6 is 0 Å². The Bertz CT molecular complexity index is 1080. The average molecular weight is 389 g/mol. The summed E-state index contributed by atoms with van der Waals surface area (Å²) in [7, 11) is 1.82. The van der Waals surface area contributed by atoms with E-state index in [4.69, 9.17) is 0 Å². The van der Waals surface area contributed by atoms with Gasteiger partial charge in [0.2, 0.25) is 5.91 Å². The van der Waals surface area contributed by atoms with Gasteiger partial charge in [-0.2, -0.15) is 0 Å². The molecule has 2 aromatic rings. The molecule has 3 aliphatic rings. The molecule has 1 amide bonds. The Balaban J connectivity index is 1.63. The van der Waals surface area contributed by atoms with Crippen molar-refractivity contribution < 1.29 is 4.79 Å². The fourth-order valence-corrected chi connectivity index (χ4v) is 4.92. The standard InChI is InChI=1S/C24H27N3O2/c1-16(28)25-17-6-7-22(27-12-10-24(8-9-24)11-13-27)20(14-17)21-15-26(2)23(29)19-5-3-4-18(19)21/h3-4,6-7,14-15H,5,8-13H2,1-2H3,(H,25,28). The first-order valence-corrected chi connectivity index (χ1v) is 10.5. The Kier molecular flexibility index (Phi) is 4.16. The van der Waals surface area contributed by atoms with Crippen LogP contribution in [-0.2, 0) is 18.3 Å². The van der Waals surface area contributed by atoms with Gasteiger partial charge in [0.05, 0.1) is 0 Å². The molecule has 1 aromatic heterocycles. The Morgan fingerprint density at radius 3 is 2.55 bits per heavy atom. The molecule has 1 aliphatic heterocycles. The summed E-state index contributed by atoms with van der Waals surface area (Å²) in [5.41, 5.74) is 6.69. The van der Waals surface area contributed by atoms with Crippen molar-refractivity contribution in [3.8, 4) is 11.1 Å². The second-order valence-electron chi connectivity index (χ2n) is 8.86. The van der Waals surface area contributed by atoms with Gasteiger partial charge in [0.15, 0.2) is 0 Å². The topological polar surface area (TPSA) is 54.3 Å². The van der Waals surface area contributed by atoms with E-state index in [-0.39, 0.29) is 11.5 Å². The molecule has 5 heteroatoms. The molecule has 1 aromatic carbocycles. The number of piperidine rings is 1. The molecular weight excluding hydrogens is 362 g/mol. The lowest BCUT2D eigenvalue weighted by Crippen LogP contribution is -2.34. The number of anilines is 2. The van der Waals surface area contributed by atoms with Crippen LogP contribution in [0.4, 0.5) is 11.4 Å². The molecular formula is C24H27N3O2. The zero-order valence-corrected chi connectivity index (χ0v) is 17.1. The number of allylic oxidation sites excluding steroid dienone is 1. The molecule has 1 saturated heterocycles. The number of hydrogen-bond donors (Lipinski definition) is 1. The van der Waals surface area contributed by atoms with Crippen LogP contribution in [0, 0.1) is 5.41 Å². The number of benzene rings is 1. The first kappa shape index (κ1) is 18.2. The number of amides is 1. The molecule has 2 aliphatic carbocycles. The van der Waals surface area contributed by atoms with Crippen molar-refractivity contribution in [3.63, 3.8) is 0 Å². The van der Waals surface area contributed by atoms with E-state index in [1.807, 2.05) is 19.3 Å². The van der Waals surface area contributed by atoms with Crippen LogP contribution in [0.25, 0.3) is 17.2 Å². The van der Waals surface area contributed by atoms with Crippen molar-refractivity contribution in [2.24, 2.45) is 12.5 Å². The molecule has 5 rings (SSSR count). The summed E-state index contributed by atoms with van der Waals surface area (Å²) in [4.78, 5) is 26.7. The number of nitrogens with zero attached hydrogens (tertiary/aromatic N) is 2. The Morgan fingerprint density at radius 1 is 1.10 bits per heavy atom. The lowest BCUT2D eigenvalue weighted by atomic mass is 9.91. The third kappa shape index (κ3) is 3.18. The maximum atomic E-state index is 12.6. The molecule has 29 heavy (non-hydrogen) atoms. The summed E-state index contributed by atoms with van der Waals surface area (Å²) in [5, 5.41) is 2.92. The molecule has 0 unspecified atom stereocenters. The van der Waals surface area contributed by atoms with Crippen molar-refractivity contribution in [3.05, 3.63) is 52.0 Å². The number of hydrogen-bond acceptors (Lipinski definition) is 3. The molecule has 150 valence electrons. The Morgan fingerprint density at radius 2 is 1.86 bits per heavy atom. The molecule has 0 radical (unpaired) electrons. The number of fused-ring (bicyclic) bond motifs is 1. The van der Waals surface area contributed by atoms with Gasteiger partial charge in [-0.05, 0) is 61.3 Å². The number of nitrogens with one attached hydrogen (secondary N) is 1. The van der Waals surface area contributed by atoms with Crippen molar-refractivity contribution in [2.45, 2.75) is 39.0 Å². The SMILES string of the molecule is CC(=O)Nc1ccc(N2CCC3(CC2)CC3)c(-c2cn(C)c(=O)c3c2C=CC3)c1. The second kappa shape index (κ2) is 6.61. The largest absolute Gasteiger partial charge is 0.371 e. The summed E-state index contributed by atoms with van der Waals surface area (Å²) < 4.78 is 1.69. The highest BCUT2D eigenvalue weighted by atomic mass is 16.1. The molecule has 0 bridgehead atoms. The minimum absolute atomic E-state index is 0.0713. The lowest BCUT2D eigenvalue weighted by molar-refractivity contribution is -0.114. The van der Waals surface area contributed by atoms with E-state index in [0.29, 0.717) is 11.8 Å². The van der Waals surface area contributed by atoms with Crippen LogP contribution in [0.3, 0.4) is 0 Å². The predicted molar refractivity (Wildman–Crippen MR) is 117 cm³/mol. The van der Waals surface area contributed by atoms with Crippen LogP contribution in [0.15, 0.2) is 35.3 Å². The zero-order chi connectivity index (χ0) is 20.2. The average Bonchev–Trinajstić information content (AvgIpc) is 3.26. The van der Waals surface area contributed by atoms with E-state index >= 15 is 0 Å². The van der Waals surface area contributed by atoms with E-state index in [1.54, 1.807) is 4.57 Å². The third-order valence-electron chi connectivity index (χ3n) is 6.85. The fourth-order valence-electron chi connectivity index (χ4n) is 4.92. The van der Waals surface area contributed by atoms with Crippen LogP contribution in [0.5, 0.6) is 0 Å². The van der Waals surface area contributed by atoms with Gasteiger partial charge in [0.1, 0.15) is 0 Å². The third-order valence-corrected chi connectivity index (χ3v) is 6.85. The van der Waals surface area contributed by atoms with Crippen LogP contribution in [0.2, 0.25) is 0 Å². The molecule has 5 nitrogen and oxygen atoms in total. The van der Waals surface area contributed by atoms with Crippen molar-refractivity contribution in [1.82, 2.24) is 4.57 Å². The second-order valence-corrected chi connectivity index (χ2v) is 8.86. The van der Waals surface area contributed by atoms with Gasteiger partial charge < -0.3 is 14.8 Å². The normalized spacial score (nSPS) is 18.8. The van der Waals surface area contributed by atoms with Crippen LogP contribution in [0.1, 0.15) is 43.7 Å². The first-order chi connectivity index (χ1) is 14.0. The van der Waals surface area contributed by atoms with Crippen molar-refractivity contribution in [1.29, 1.82) is 0 Å². The quantitative estimate of drug-likeness (QED) is 0.865. The number of aromatic nitrogens is 1. The summed E-state index contributed by atoms with van der Waals surface area (Å²) in [6.45, 7) is 3.66. The summed E-state index contributed by atoms with van der Waals surface area (Å²) in [6.07, 6.45) is 12.0. The number of aryl methyl sites for hydroxylation is 1. The van der Waals surface area contributed by atoms with Crippen molar-refractivity contribution in [2.75, 3.05) is 23.3 Å². The van der Waals surface area contributed by atoms with E-state index in [1.165, 1.54) is 38.3 Å². The van der Waals surface area contributed by atoms with Gasteiger partial charge in [0, 0.05) is 61.3 Å². The summed E-state index contributed by atoms with van der Waals surface area (Å²) >= 11 is 0. The molecule has 1 N–H and O–H groups in total. The zero-order valence-electron chi connectivity index (χ0n) is 17.1. The molecule has 0 atom stereocenters. The van der Waals surface area contributed by atoms with Gasteiger partial charge in [-0.25, -0.2) is 0 Å². The van der Waals surface area contributed by atoms with Gasteiger partial charge in [-0.1, -0.05) is 12.2 Å². The molecule has 2 heterocycles. The van der Waals surface area contributed by atoms with Gasteiger partial charge in [-0.15, -0.1) is 0 Å². The van der Waals surface area contributed by atoms with E-state index in [0.717, 1.165) is 41.0 Å². The molecule has 1 saturated carbocycles. The summed E-state index contributed by atoms with van der Waals surface area (Å²) in [5.74, 6) is -0.0806. The monoisotopic (exact) mass is 389 g/mol. The highest BCUT2D eigenvalue weighted by molar-refractivity contribution is 5.93. The van der Waals surface area contributed by atoms with Gasteiger partial charge >= 0.3 is 0 Å². The molecule has 1 spiro atoms. The Hall–Kier alpha value is -2.82. The maximum absolute atomic E-state index is 12.6. The number of rotatable bonds is 3. The number of carbonyl (C=O) groups is 1. The smallest absolute Gasteiger partial charge is 0.254 e. The molecule has 2 fully saturated rings. The minimum Gasteiger partial charge on any atom is -0.371 e. The minimum atomic E-state index is -0.0806. The number of carbonyl (C=O) groups excluding carboxylic acids is 1. The van der Waals surface area contributed by atoms with E-state index < -0.39 is 0 Å². The Labute approximate surface area is 171 Å². The fraction of sp³-hybridized carbons (Fsp3) is 0.417. The van der Waals surface area contributed by atoms with Gasteiger partial charge in [0.25, 0.3) is 5.56 Å². The highest BCUT2D eigenvalue weighted by Crippen LogP contribution is 2.54. The highest BCUT2D eigenvalue weighted by Gasteiger charge is 2.44. The van der Waals surface area contributed by atoms with Gasteiger partial charge in [-0.3, -0.25) is 9.59 Å². The number of pyridine rings is 1.